The number of piperazine rings is 1. The number of esters is 1. The third-order valence-corrected chi connectivity index (χ3v) is 6.35. The molecule has 6 nitrogen and oxygen atoms in total. The van der Waals surface area contributed by atoms with Gasteiger partial charge in [0, 0.05) is 45.6 Å². The number of carbonyl (C=O) groups excluding carboxylic acids is 2. The summed E-state index contributed by atoms with van der Waals surface area (Å²) in [6.45, 7) is 6.27. The summed E-state index contributed by atoms with van der Waals surface area (Å²) < 4.78 is 11.2. The summed E-state index contributed by atoms with van der Waals surface area (Å²) >= 11 is 0. The van der Waals surface area contributed by atoms with Gasteiger partial charge in [-0.25, -0.2) is 4.79 Å². The molecule has 0 spiro atoms. The van der Waals surface area contributed by atoms with E-state index in [9.17, 15) is 9.59 Å². The Hall–Kier alpha value is -2.86. The highest BCUT2D eigenvalue weighted by atomic mass is 16.6. The maximum absolute atomic E-state index is 13.2. The van der Waals surface area contributed by atoms with Crippen molar-refractivity contribution in [1.82, 2.24) is 9.80 Å². The Morgan fingerprint density at radius 2 is 1.87 bits per heavy atom. The average Bonchev–Trinajstić information content (AvgIpc) is 3.22. The van der Waals surface area contributed by atoms with Crippen molar-refractivity contribution in [3.8, 4) is 5.75 Å². The van der Waals surface area contributed by atoms with Crippen LogP contribution in [0.4, 0.5) is 0 Å². The molecule has 0 aromatic heterocycles. The van der Waals surface area contributed by atoms with Crippen molar-refractivity contribution in [2.75, 3.05) is 32.8 Å². The van der Waals surface area contributed by atoms with E-state index in [-0.39, 0.29) is 5.91 Å². The van der Waals surface area contributed by atoms with Crippen LogP contribution in [0.1, 0.15) is 34.0 Å². The number of hydrogen-bond acceptors (Lipinski definition) is 5. The highest BCUT2D eigenvalue weighted by Crippen LogP contribution is 2.30. The summed E-state index contributed by atoms with van der Waals surface area (Å²) in [5.74, 6) is 0.498. The molecule has 2 aromatic rings. The van der Waals surface area contributed by atoms with Gasteiger partial charge in [-0.15, -0.1) is 0 Å². The number of carbonyl (C=O) groups is 2. The van der Waals surface area contributed by atoms with Crippen molar-refractivity contribution in [3.63, 3.8) is 0 Å². The van der Waals surface area contributed by atoms with Gasteiger partial charge in [-0.3, -0.25) is 9.69 Å². The normalized spacial score (nSPS) is 23.4. The van der Waals surface area contributed by atoms with E-state index in [2.05, 4.69) is 23.1 Å². The van der Waals surface area contributed by atoms with Crippen LogP contribution >= 0.6 is 0 Å². The molecule has 156 valence electrons. The summed E-state index contributed by atoms with van der Waals surface area (Å²) in [5.41, 5.74) is 2.88. The van der Waals surface area contributed by atoms with Crippen LogP contribution in [0.5, 0.6) is 5.75 Å². The summed E-state index contributed by atoms with van der Waals surface area (Å²) in [7, 11) is 0. The molecule has 0 saturated carbocycles. The molecule has 0 bridgehead atoms. The SMILES string of the molecule is CC1(C(=O)N2CCN(Cc3ccc4c(c3)CCO4)CC2)Cc2ccccc2C(=O)O1. The number of benzene rings is 2. The number of ether oxygens (including phenoxy) is 2. The first-order valence-corrected chi connectivity index (χ1v) is 10.6. The molecular weight excluding hydrogens is 380 g/mol. The first-order valence-electron chi connectivity index (χ1n) is 10.6. The Labute approximate surface area is 176 Å². The molecule has 1 amide bonds. The van der Waals surface area contributed by atoms with Crippen LogP contribution < -0.4 is 4.74 Å². The van der Waals surface area contributed by atoms with Crippen LogP contribution in [0, 0.1) is 0 Å². The second-order valence-electron chi connectivity index (χ2n) is 8.56. The van der Waals surface area contributed by atoms with Crippen LogP contribution in [-0.4, -0.2) is 60.1 Å². The van der Waals surface area contributed by atoms with Crippen molar-refractivity contribution >= 4 is 11.9 Å². The second-order valence-corrected chi connectivity index (χ2v) is 8.56. The minimum absolute atomic E-state index is 0.0975. The van der Waals surface area contributed by atoms with Gasteiger partial charge in [-0.1, -0.05) is 30.3 Å². The van der Waals surface area contributed by atoms with E-state index < -0.39 is 11.6 Å². The predicted octanol–water partition coefficient (Wildman–Crippen LogP) is 2.44. The Bertz CT molecular complexity index is 996. The maximum atomic E-state index is 13.2. The van der Waals surface area contributed by atoms with Crippen LogP contribution in [0.15, 0.2) is 42.5 Å². The lowest BCUT2D eigenvalue weighted by molar-refractivity contribution is -0.153. The van der Waals surface area contributed by atoms with E-state index in [1.807, 2.05) is 23.1 Å². The van der Waals surface area contributed by atoms with Gasteiger partial charge in [0.1, 0.15) is 5.75 Å². The first-order chi connectivity index (χ1) is 14.5. The van der Waals surface area contributed by atoms with Gasteiger partial charge in [0.2, 0.25) is 0 Å². The van der Waals surface area contributed by atoms with E-state index in [4.69, 9.17) is 9.47 Å². The molecule has 0 radical (unpaired) electrons. The Kier molecular flexibility index (Phi) is 4.74. The van der Waals surface area contributed by atoms with Crippen molar-refractivity contribution in [2.45, 2.75) is 31.9 Å². The summed E-state index contributed by atoms with van der Waals surface area (Å²) in [6, 6.07) is 13.8. The van der Waals surface area contributed by atoms with Gasteiger partial charge in [0.25, 0.3) is 5.91 Å². The zero-order valence-corrected chi connectivity index (χ0v) is 17.2. The molecule has 3 heterocycles. The van der Waals surface area contributed by atoms with E-state index in [0.717, 1.165) is 44.0 Å². The quantitative estimate of drug-likeness (QED) is 0.733. The third-order valence-electron chi connectivity index (χ3n) is 6.35. The summed E-state index contributed by atoms with van der Waals surface area (Å²) in [6.07, 6.45) is 1.40. The zero-order chi connectivity index (χ0) is 20.7. The number of fused-ring (bicyclic) bond motifs is 2. The molecule has 0 N–H and O–H groups in total. The van der Waals surface area contributed by atoms with Gasteiger partial charge in [0.05, 0.1) is 12.2 Å². The molecule has 2 aromatic carbocycles. The number of amides is 1. The van der Waals surface area contributed by atoms with Crippen molar-refractivity contribution < 1.29 is 19.1 Å². The Morgan fingerprint density at radius 1 is 1.07 bits per heavy atom. The largest absolute Gasteiger partial charge is 0.493 e. The van der Waals surface area contributed by atoms with Crippen molar-refractivity contribution in [3.05, 3.63) is 64.7 Å². The standard InChI is InChI=1S/C24H26N2O4/c1-24(15-19-4-2-3-5-20(19)22(27)30-24)23(28)26-11-9-25(10-12-26)16-17-6-7-21-18(14-17)8-13-29-21/h2-7,14H,8-13,15-16H2,1H3. The summed E-state index contributed by atoms with van der Waals surface area (Å²) in [4.78, 5) is 29.9. The maximum Gasteiger partial charge on any atom is 0.339 e. The molecule has 3 aliphatic rings. The number of rotatable bonds is 3. The van der Waals surface area contributed by atoms with Gasteiger partial charge in [-0.2, -0.15) is 0 Å². The Balaban J connectivity index is 1.21. The topological polar surface area (TPSA) is 59.1 Å². The third kappa shape index (κ3) is 3.45. The molecule has 30 heavy (non-hydrogen) atoms. The fraction of sp³-hybridized carbons (Fsp3) is 0.417. The van der Waals surface area contributed by atoms with Gasteiger partial charge >= 0.3 is 5.97 Å². The molecule has 1 fully saturated rings. The lowest BCUT2D eigenvalue weighted by Gasteiger charge is -2.41. The fourth-order valence-corrected chi connectivity index (χ4v) is 4.69. The molecule has 5 rings (SSSR count). The minimum Gasteiger partial charge on any atom is -0.493 e. The van der Waals surface area contributed by atoms with Gasteiger partial charge in [0.15, 0.2) is 5.60 Å². The first kappa shape index (κ1) is 19.1. The highest BCUT2D eigenvalue weighted by Gasteiger charge is 2.45. The summed E-state index contributed by atoms with van der Waals surface area (Å²) in [5, 5.41) is 0. The smallest absolute Gasteiger partial charge is 0.339 e. The molecular formula is C24H26N2O4. The number of cyclic esters (lactones) is 1. The molecule has 3 aliphatic heterocycles. The van der Waals surface area contributed by atoms with Crippen LogP contribution in [0.3, 0.4) is 0 Å². The molecule has 1 saturated heterocycles. The number of nitrogens with zero attached hydrogens (tertiary/aromatic N) is 2. The Morgan fingerprint density at radius 3 is 2.70 bits per heavy atom. The average molecular weight is 406 g/mol. The highest BCUT2D eigenvalue weighted by molar-refractivity contribution is 5.97. The van der Waals surface area contributed by atoms with Gasteiger partial charge < -0.3 is 14.4 Å². The minimum atomic E-state index is -1.13. The van der Waals surface area contributed by atoms with Crippen LogP contribution in [-0.2, 0) is 28.9 Å². The van der Waals surface area contributed by atoms with Crippen LogP contribution in [0.2, 0.25) is 0 Å². The van der Waals surface area contributed by atoms with E-state index in [1.54, 1.807) is 13.0 Å². The van der Waals surface area contributed by atoms with Crippen molar-refractivity contribution in [2.24, 2.45) is 0 Å². The molecule has 1 unspecified atom stereocenters. The van der Waals surface area contributed by atoms with Gasteiger partial charge in [-0.05, 0) is 35.7 Å². The van der Waals surface area contributed by atoms with Crippen LogP contribution in [0.25, 0.3) is 0 Å². The van der Waals surface area contributed by atoms with Crippen molar-refractivity contribution in [1.29, 1.82) is 0 Å². The van der Waals surface area contributed by atoms with E-state index in [0.29, 0.717) is 25.1 Å². The molecule has 6 heteroatoms. The molecule has 0 aliphatic carbocycles. The van der Waals surface area contributed by atoms with E-state index in [1.165, 1.54) is 11.1 Å². The van der Waals surface area contributed by atoms with E-state index >= 15 is 0 Å². The lowest BCUT2D eigenvalue weighted by atomic mass is 9.88. The second kappa shape index (κ2) is 7.43. The lowest BCUT2D eigenvalue weighted by Crippen LogP contribution is -2.57. The fourth-order valence-electron chi connectivity index (χ4n) is 4.69. The number of hydrogen-bond donors (Lipinski definition) is 0. The monoisotopic (exact) mass is 406 g/mol. The predicted molar refractivity (Wildman–Crippen MR) is 111 cm³/mol. The molecule has 1 atom stereocenters. The zero-order valence-electron chi connectivity index (χ0n) is 17.2.